The van der Waals surface area contributed by atoms with Gasteiger partial charge in [0.05, 0.1) is 17.8 Å². The van der Waals surface area contributed by atoms with E-state index in [1.54, 1.807) is 18.4 Å². The largest absolute Gasteiger partial charge is 0.497 e. The van der Waals surface area contributed by atoms with Crippen LogP contribution in [0.5, 0.6) is 5.75 Å². The fourth-order valence-corrected chi connectivity index (χ4v) is 3.40. The lowest BCUT2D eigenvalue weighted by Crippen LogP contribution is -2.32. The van der Waals surface area contributed by atoms with Gasteiger partial charge in [-0.1, -0.05) is 13.8 Å². The summed E-state index contributed by atoms with van der Waals surface area (Å²) in [6.45, 7) is 5.92. The fourth-order valence-electron chi connectivity index (χ4n) is 2.59. The molecule has 0 atom stereocenters. The van der Waals surface area contributed by atoms with E-state index in [1.807, 2.05) is 29.2 Å². The van der Waals surface area contributed by atoms with Crippen molar-refractivity contribution in [2.45, 2.75) is 39.5 Å². The number of benzene rings is 1. The highest BCUT2D eigenvalue weighted by molar-refractivity contribution is 7.09. The highest BCUT2D eigenvalue weighted by atomic mass is 32.1. The SMILES string of the molecule is CCCN(CCC)C(=O)CCc1nc(-c2ccc(OC)cc2)cs1. The molecule has 1 amide bonds. The summed E-state index contributed by atoms with van der Waals surface area (Å²) in [6, 6.07) is 7.89. The quantitative estimate of drug-likeness (QED) is 0.676. The van der Waals surface area contributed by atoms with Crippen molar-refractivity contribution in [3.8, 4) is 17.0 Å². The molecule has 0 fully saturated rings. The zero-order valence-corrected chi connectivity index (χ0v) is 15.6. The zero-order chi connectivity index (χ0) is 17.4. The number of hydrogen-bond donors (Lipinski definition) is 0. The van der Waals surface area contributed by atoms with Gasteiger partial charge in [-0.15, -0.1) is 11.3 Å². The van der Waals surface area contributed by atoms with Gasteiger partial charge in [0.1, 0.15) is 5.75 Å². The Morgan fingerprint density at radius 3 is 2.42 bits per heavy atom. The van der Waals surface area contributed by atoms with E-state index >= 15 is 0 Å². The van der Waals surface area contributed by atoms with Gasteiger partial charge in [0.15, 0.2) is 0 Å². The molecule has 5 heteroatoms. The molecule has 0 spiro atoms. The molecule has 130 valence electrons. The minimum Gasteiger partial charge on any atom is -0.497 e. The Morgan fingerprint density at radius 2 is 1.83 bits per heavy atom. The van der Waals surface area contributed by atoms with E-state index in [0.29, 0.717) is 12.8 Å². The first kappa shape index (κ1) is 18.5. The van der Waals surface area contributed by atoms with Gasteiger partial charge >= 0.3 is 0 Å². The summed E-state index contributed by atoms with van der Waals surface area (Å²) >= 11 is 1.62. The average molecular weight is 346 g/mol. The molecule has 0 N–H and O–H groups in total. The summed E-state index contributed by atoms with van der Waals surface area (Å²) in [7, 11) is 1.66. The van der Waals surface area contributed by atoms with Gasteiger partial charge in [-0.3, -0.25) is 4.79 Å². The maximum atomic E-state index is 12.3. The smallest absolute Gasteiger partial charge is 0.222 e. The Balaban J connectivity index is 1.94. The molecule has 0 aliphatic rings. The second-order valence-corrected chi connectivity index (χ2v) is 6.68. The topological polar surface area (TPSA) is 42.4 Å². The van der Waals surface area contributed by atoms with Crippen LogP contribution in [0, 0.1) is 0 Å². The third-order valence-corrected chi connectivity index (χ3v) is 4.74. The van der Waals surface area contributed by atoms with E-state index in [4.69, 9.17) is 4.74 Å². The summed E-state index contributed by atoms with van der Waals surface area (Å²) in [4.78, 5) is 19.0. The van der Waals surface area contributed by atoms with Crippen LogP contribution in [0.2, 0.25) is 0 Å². The Kier molecular flexibility index (Phi) is 7.25. The van der Waals surface area contributed by atoms with Crippen molar-refractivity contribution >= 4 is 17.2 Å². The summed E-state index contributed by atoms with van der Waals surface area (Å²) in [5.41, 5.74) is 2.03. The highest BCUT2D eigenvalue weighted by Crippen LogP contribution is 2.24. The van der Waals surface area contributed by atoms with Crippen LogP contribution in [0.4, 0.5) is 0 Å². The summed E-state index contributed by atoms with van der Waals surface area (Å²) < 4.78 is 5.18. The van der Waals surface area contributed by atoms with E-state index in [-0.39, 0.29) is 5.91 Å². The lowest BCUT2D eigenvalue weighted by molar-refractivity contribution is -0.131. The molecule has 2 rings (SSSR count). The number of aromatic nitrogens is 1. The van der Waals surface area contributed by atoms with Crippen LogP contribution in [-0.2, 0) is 11.2 Å². The highest BCUT2D eigenvalue weighted by Gasteiger charge is 2.13. The average Bonchev–Trinajstić information content (AvgIpc) is 3.08. The predicted molar refractivity (Wildman–Crippen MR) is 99.6 cm³/mol. The molecule has 0 bridgehead atoms. The van der Waals surface area contributed by atoms with Crippen molar-refractivity contribution in [1.82, 2.24) is 9.88 Å². The molecule has 0 saturated heterocycles. The molecule has 0 aliphatic carbocycles. The second-order valence-electron chi connectivity index (χ2n) is 5.74. The Morgan fingerprint density at radius 1 is 1.17 bits per heavy atom. The number of methoxy groups -OCH3 is 1. The zero-order valence-electron chi connectivity index (χ0n) is 14.7. The number of carbonyl (C=O) groups is 1. The molecule has 1 aromatic heterocycles. The van der Waals surface area contributed by atoms with E-state index < -0.39 is 0 Å². The number of nitrogens with zero attached hydrogens (tertiary/aromatic N) is 2. The first-order valence-corrected chi connectivity index (χ1v) is 9.42. The normalized spacial score (nSPS) is 10.6. The van der Waals surface area contributed by atoms with Crippen LogP contribution in [0.3, 0.4) is 0 Å². The van der Waals surface area contributed by atoms with Gasteiger partial charge in [-0.25, -0.2) is 4.98 Å². The van der Waals surface area contributed by atoms with E-state index in [9.17, 15) is 4.79 Å². The van der Waals surface area contributed by atoms with Crippen molar-refractivity contribution in [1.29, 1.82) is 0 Å². The maximum Gasteiger partial charge on any atom is 0.222 e. The standard InChI is InChI=1S/C19H26N2O2S/c1-4-12-21(13-5-2)19(22)11-10-18-20-17(14-24-18)15-6-8-16(23-3)9-7-15/h6-9,14H,4-5,10-13H2,1-3H3. The van der Waals surface area contributed by atoms with Gasteiger partial charge in [0.25, 0.3) is 0 Å². The van der Waals surface area contributed by atoms with Crippen molar-refractivity contribution in [3.05, 3.63) is 34.7 Å². The molecule has 1 heterocycles. The molecule has 1 aromatic carbocycles. The van der Waals surface area contributed by atoms with E-state index in [1.165, 1.54) is 0 Å². The molecule has 0 unspecified atom stereocenters. The van der Waals surface area contributed by atoms with Gasteiger partial charge < -0.3 is 9.64 Å². The molecule has 0 saturated carbocycles. The van der Waals surface area contributed by atoms with Crippen LogP contribution in [0.25, 0.3) is 11.3 Å². The minimum atomic E-state index is 0.236. The molecular formula is C19H26N2O2S. The van der Waals surface area contributed by atoms with Crippen molar-refractivity contribution in [3.63, 3.8) is 0 Å². The first-order valence-electron chi connectivity index (χ1n) is 8.54. The maximum absolute atomic E-state index is 12.3. The van der Waals surface area contributed by atoms with Gasteiger partial charge in [0, 0.05) is 36.9 Å². The van der Waals surface area contributed by atoms with Crippen molar-refractivity contribution in [2.75, 3.05) is 20.2 Å². The summed E-state index contributed by atoms with van der Waals surface area (Å²) in [6.07, 6.45) is 3.26. The summed E-state index contributed by atoms with van der Waals surface area (Å²) in [5, 5.41) is 3.07. The van der Waals surface area contributed by atoms with E-state index in [0.717, 1.165) is 47.9 Å². The van der Waals surface area contributed by atoms with Gasteiger partial charge in [0.2, 0.25) is 5.91 Å². The number of aryl methyl sites for hydroxylation is 1. The predicted octanol–water partition coefficient (Wildman–Crippen LogP) is 4.40. The first-order chi connectivity index (χ1) is 11.7. The lowest BCUT2D eigenvalue weighted by atomic mass is 10.2. The number of amides is 1. The lowest BCUT2D eigenvalue weighted by Gasteiger charge is -2.21. The van der Waals surface area contributed by atoms with Gasteiger partial charge in [-0.2, -0.15) is 0 Å². The Bertz CT molecular complexity index is 631. The number of thiazole rings is 1. The molecule has 0 aliphatic heterocycles. The molecule has 4 nitrogen and oxygen atoms in total. The third-order valence-electron chi connectivity index (χ3n) is 3.83. The minimum absolute atomic E-state index is 0.236. The van der Waals surface area contributed by atoms with Crippen molar-refractivity contribution < 1.29 is 9.53 Å². The Hall–Kier alpha value is -1.88. The van der Waals surface area contributed by atoms with Crippen LogP contribution in [0.15, 0.2) is 29.6 Å². The molecular weight excluding hydrogens is 320 g/mol. The molecule has 24 heavy (non-hydrogen) atoms. The van der Waals surface area contributed by atoms with Crippen LogP contribution >= 0.6 is 11.3 Å². The second kappa shape index (κ2) is 9.42. The monoisotopic (exact) mass is 346 g/mol. The third kappa shape index (κ3) is 5.06. The van der Waals surface area contributed by atoms with Crippen LogP contribution < -0.4 is 4.74 Å². The summed E-state index contributed by atoms with van der Waals surface area (Å²) in [5.74, 6) is 1.08. The number of ether oxygens (including phenoxy) is 1. The number of rotatable bonds is 9. The number of carbonyl (C=O) groups excluding carboxylic acids is 1. The molecule has 2 aromatic rings. The van der Waals surface area contributed by atoms with Gasteiger partial charge in [-0.05, 0) is 37.1 Å². The fraction of sp³-hybridized carbons (Fsp3) is 0.474. The van der Waals surface area contributed by atoms with Crippen LogP contribution in [0.1, 0.15) is 38.1 Å². The van der Waals surface area contributed by atoms with E-state index in [2.05, 4.69) is 24.2 Å². The Labute approximate surface area is 148 Å². The van der Waals surface area contributed by atoms with Crippen molar-refractivity contribution in [2.24, 2.45) is 0 Å². The molecule has 0 radical (unpaired) electrons. The number of hydrogen-bond acceptors (Lipinski definition) is 4. The van der Waals surface area contributed by atoms with Crippen LogP contribution in [-0.4, -0.2) is 36.0 Å².